The standard InChI is InChI=1S/C22H21FN2O5S/c1-29-19-9-5-17(6-10-19)24-22(26)15-25(18-7-11-20(30-2)12-8-18)31(27,28)21-13-3-16(23)4-14-21/h3-14H,15H2,1-2H3,(H,24,26). The summed E-state index contributed by atoms with van der Waals surface area (Å²) in [6.07, 6.45) is 0. The van der Waals surface area contributed by atoms with Crippen LogP contribution in [0.1, 0.15) is 0 Å². The first-order valence-corrected chi connectivity index (χ1v) is 10.6. The molecule has 0 atom stereocenters. The summed E-state index contributed by atoms with van der Waals surface area (Å²) in [7, 11) is -1.12. The third kappa shape index (κ3) is 5.32. The lowest BCUT2D eigenvalue weighted by Gasteiger charge is -2.24. The van der Waals surface area contributed by atoms with Gasteiger partial charge in [0.25, 0.3) is 10.0 Å². The summed E-state index contributed by atoms with van der Waals surface area (Å²) >= 11 is 0. The minimum atomic E-state index is -4.14. The Labute approximate surface area is 180 Å². The van der Waals surface area contributed by atoms with Crippen molar-refractivity contribution in [2.75, 3.05) is 30.4 Å². The smallest absolute Gasteiger partial charge is 0.264 e. The summed E-state index contributed by atoms with van der Waals surface area (Å²) in [4.78, 5) is 12.5. The summed E-state index contributed by atoms with van der Waals surface area (Å²) in [6, 6.07) is 17.3. The number of carbonyl (C=O) groups is 1. The zero-order valence-corrected chi connectivity index (χ0v) is 17.7. The van der Waals surface area contributed by atoms with Gasteiger partial charge < -0.3 is 14.8 Å². The summed E-state index contributed by atoms with van der Waals surface area (Å²) < 4.78 is 50.9. The number of nitrogens with zero attached hydrogens (tertiary/aromatic N) is 1. The van der Waals surface area contributed by atoms with Gasteiger partial charge in [0.2, 0.25) is 5.91 Å². The van der Waals surface area contributed by atoms with Gasteiger partial charge in [-0.25, -0.2) is 12.8 Å². The first kappa shape index (κ1) is 22.1. The number of carbonyl (C=O) groups excluding carboxylic acids is 1. The van der Waals surface area contributed by atoms with Gasteiger partial charge in [0.15, 0.2) is 0 Å². The van der Waals surface area contributed by atoms with Crippen molar-refractivity contribution in [1.82, 2.24) is 0 Å². The van der Waals surface area contributed by atoms with Gasteiger partial charge in [-0.05, 0) is 72.8 Å². The van der Waals surface area contributed by atoms with Crippen LogP contribution in [-0.4, -0.2) is 35.1 Å². The van der Waals surface area contributed by atoms with E-state index >= 15 is 0 Å². The molecule has 7 nitrogen and oxygen atoms in total. The van der Waals surface area contributed by atoms with Gasteiger partial charge in [-0.2, -0.15) is 0 Å². The summed E-state index contributed by atoms with van der Waals surface area (Å²) in [5, 5.41) is 2.66. The minimum Gasteiger partial charge on any atom is -0.497 e. The Morgan fingerprint density at radius 1 is 0.871 bits per heavy atom. The average molecular weight is 444 g/mol. The van der Waals surface area contributed by atoms with Crippen molar-refractivity contribution >= 4 is 27.3 Å². The second kappa shape index (κ2) is 9.48. The van der Waals surface area contributed by atoms with Crippen LogP contribution in [-0.2, 0) is 14.8 Å². The number of nitrogens with one attached hydrogen (secondary N) is 1. The Morgan fingerprint density at radius 2 is 1.39 bits per heavy atom. The number of hydrogen-bond acceptors (Lipinski definition) is 5. The molecule has 31 heavy (non-hydrogen) atoms. The van der Waals surface area contributed by atoms with E-state index in [0.29, 0.717) is 17.2 Å². The first-order chi connectivity index (χ1) is 14.8. The summed E-state index contributed by atoms with van der Waals surface area (Å²) in [5.41, 5.74) is 0.745. The SMILES string of the molecule is COc1ccc(NC(=O)CN(c2ccc(OC)cc2)S(=O)(=O)c2ccc(F)cc2)cc1. The largest absolute Gasteiger partial charge is 0.497 e. The van der Waals surface area contributed by atoms with Crippen LogP contribution >= 0.6 is 0 Å². The predicted molar refractivity (Wildman–Crippen MR) is 116 cm³/mol. The van der Waals surface area contributed by atoms with Gasteiger partial charge in [-0.15, -0.1) is 0 Å². The molecule has 0 saturated heterocycles. The first-order valence-electron chi connectivity index (χ1n) is 9.20. The third-order valence-electron chi connectivity index (χ3n) is 4.42. The number of anilines is 2. The van der Waals surface area contributed by atoms with E-state index < -0.39 is 28.3 Å². The van der Waals surface area contributed by atoms with E-state index in [-0.39, 0.29) is 10.6 Å². The molecule has 162 valence electrons. The highest BCUT2D eigenvalue weighted by atomic mass is 32.2. The second-order valence-corrected chi connectivity index (χ2v) is 8.30. The minimum absolute atomic E-state index is 0.137. The van der Waals surface area contributed by atoms with Crippen LogP contribution < -0.4 is 19.1 Å². The monoisotopic (exact) mass is 444 g/mol. The maximum Gasteiger partial charge on any atom is 0.264 e. The number of sulfonamides is 1. The number of methoxy groups -OCH3 is 2. The third-order valence-corrected chi connectivity index (χ3v) is 6.21. The van der Waals surface area contributed by atoms with E-state index in [9.17, 15) is 17.6 Å². The van der Waals surface area contributed by atoms with Crippen molar-refractivity contribution in [2.45, 2.75) is 4.90 Å². The van der Waals surface area contributed by atoms with Gasteiger partial charge in [-0.3, -0.25) is 9.10 Å². The van der Waals surface area contributed by atoms with Crippen LogP contribution in [0.25, 0.3) is 0 Å². The van der Waals surface area contributed by atoms with E-state index in [1.807, 2.05) is 0 Å². The van der Waals surface area contributed by atoms with Crippen molar-refractivity contribution < 1.29 is 27.1 Å². The van der Waals surface area contributed by atoms with Gasteiger partial charge in [0.1, 0.15) is 23.9 Å². The molecule has 0 aliphatic rings. The molecular formula is C22H21FN2O5S. The number of ether oxygens (including phenoxy) is 2. The van der Waals surface area contributed by atoms with Crippen molar-refractivity contribution in [1.29, 1.82) is 0 Å². The zero-order chi connectivity index (χ0) is 22.4. The lowest BCUT2D eigenvalue weighted by atomic mass is 10.3. The Balaban J connectivity index is 1.90. The maximum absolute atomic E-state index is 13.3. The highest BCUT2D eigenvalue weighted by Gasteiger charge is 2.27. The molecule has 3 rings (SSSR count). The van der Waals surface area contributed by atoms with Crippen LogP contribution in [0.4, 0.5) is 15.8 Å². The normalized spacial score (nSPS) is 10.9. The molecule has 1 amide bonds. The van der Waals surface area contributed by atoms with Crippen molar-refractivity contribution in [3.8, 4) is 11.5 Å². The number of amides is 1. The van der Waals surface area contributed by atoms with Crippen LogP contribution in [0.3, 0.4) is 0 Å². The molecule has 3 aromatic carbocycles. The van der Waals surface area contributed by atoms with Crippen molar-refractivity contribution in [2.24, 2.45) is 0 Å². The Morgan fingerprint density at radius 3 is 1.90 bits per heavy atom. The molecule has 0 fully saturated rings. The zero-order valence-electron chi connectivity index (χ0n) is 16.9. The van der Waals surface area contributed by atoms with Crippen LogP contribution in [0.15, 0.2) is 77.7 Å². The molecular weight excluding hydrogens is 423 g/mol. The van der Waals surface area contributed by atoms with Gasteiger partial charge in [-0.1, -0.05) is 0 Å². The van der Waals surface area contributed by atoms with Gasteiger partial charge in [0.05, 0.1) is 24.8 Å². The molecule has 0 aliphatic heterocycles. The quantitative estimate of drug-likeness (QED) is 0.573. The summed E-state index contributed by atoms with van der Waals surface area (Å²) in [5.74, 6) is 0.0428. The Hall–Kier alpha value is -3.59. The molecule has 0 aliphatic carbocycles. The molecule has 0 bridgehead atoms. The maximum atomic E-state index is 13.3. The van der Waals surface area contributed by atoms with E-state index in [4.69, 9.17) is 9.47 Å². The van der Waals surface area contributed by atoms with Crippen LogP contribution in [0, 0.1) is 5.82 Å². The van der Waals surface area contributed by atoms with Gasteiger partial charge in [0, 0.05) is 5.69 Å². The van der Waals surface area contributed by atoms with E-state index in [1.165, 1.54) is 26.4 Å². The highest BCUT2D eigenvalue weighted by Crippen LogP contribution is 2.26. The lowest BCUT2D eigenvalue weighted by Crippen LogP contribution is -2.38. The number of rotatable bonds is 8. The van der Waals surface area contributed by atoms with E-state index in [0.717, 1.165) is 28.6 Å². The molecule has 0 unspecified atom stereocenters. The number of halogens is 1. The van der Waals surface area contributed by atoms with Gasteiger partial charge >= 0.3 is 0 Å². The average Bonchev–Trinajstić information content (AvgIpc) is 2.78. The van der Waals surface area contributed by atoms with Crippen molar-refractivity contribution in [3.63, 3.8) is 0 Å². The molecule has 1 N–H and O–H groups in total. The van der Waals surface area contributed by atoms with Crippen LogP contribution in [0.5, 0.6) is 11.5 Å². The van der Waals surface area contributed by atoms with Crippen LogP contribution in [0.2, 0.25) is 0 Å². The fourth-order valence-corrected chi connectivity index (χ4v) is 4.22. The molecule has 0 saturated carbocycles. The fourth-order valence-electron chi connectivity index (χ4n) is 2.80. The molecule has 0 spiro atoms. The second-order valence-electron chi connectivity index (χ2n) is 6.44. The molecule has 9 heteroatoms. The molecule has 3 aromatic rings. The Kier molecular flexibility index (Phi) is 6.76. The van der Waals surface area contributed by atoms with E-state index in [1.54, 1.807) is 36.4 Å². The lowest BCUT2D eigenvalue weighted by molar-refractivity contribution is -0.114. The fraction of sp³-hybridized carbons (Fsp3) is 0.136. The molecule has 0 aromatic heterocycles. The highest BCUT2D eigenvalue weighted by molar-refractivity contribution is 7.92. The molecule has 0 heterocycles. The Bertz CT molecular complexity index is 1130. The number of hydrogen-bond donors (Lipinski definition) is 1. The predicted octanol–water partition coefficient (Wildman–Crippen LogP) is 3.68. The topological polar surface area (TPSA) is 84.9 Å². The van der Waals surface area contributed by atoms with Crippen molar-refractivity contribution in [3.05, 3.63) is 78.6 Å². The number of benzene rings is 3. The molecule has 0 radical (unpaired) electrons. The summed E-state index contributed by atoms with van der Waals surface area (Å²) in [6.45, 7) is -0.488. The van der Waals surface area contributed by atoms with E-state index in [2.05, 4.69) is 5.32 Å².